The van der Waals surface area contributed by atoms with Crippen molar-refractivity contribution in [3.63, 3.8) is 0 Å². The quantitative estimate of drug-likeness (QED) is 0.857. The van der Waals surface area contributed by atoms with Gasteiger partial charge in [-0.2, -0.15) is 13.2 Å². The van der Waals surface area contributed by atoms with Crippen molar-refractivity contribution in [1.29, 1.82) is 0 Å². The second kappa shape index (κ2) is 7.47. The third kappa shape index (κ3) is 4.82. The van der Waals surface area contributed by atoms with Crippen LogP contribution in [0.2, 0.25) is 0 Å². The van der Waals surface area contributed by atoms with E-state index in [9.17, 15) is 17.4 Å². The molecular weight excluding hydrogens is 347 g/mol. The van der Waals surface area contributed by atoms with Gasteiger partial charge in [-0.3, -0.25) is 0 Å². The maximum absolute atomic E-state index is 12.4. The van der Waals surface area contributed by atoms with Crippen LogP contribution in [0, 0.1) is 0 Å². The van der Waals surface area contributed by atoms with E-state index in [1.807, 2.05) is 0 Å². The number of halogens is 3. The van der Waals surface area contributed by atoms with Crippen molar-refractivity contribution in [3.8, 4) is 22.8 Å². The number of nitrogens with one attached hydrogen (secondary N) is 1. The number of hydrogen-bond acceptors (Lipinski definition) is 5. The summed E-state index contributed by atoms with van der Waals surface area (Å²) in [5, 5.41) is 0. The summed E-state index contributed by atoms with van der Waals surface area (Å²) in [7, 11) is 0.133. The molecule has 24 heavy (non-hydrogen) atoms. The number of aromatic nitrogens is 2. The second-order valence-electron chi connectivity index (χ2n) is 4.62. The van der Waals surface area contributed by atoms with Crippen LogP contribution in [0.1, 0.15) is 0 Å². The van der Waals surface area contributed by atoms with Gasteiger partial charge in [0.2, 0.25) is 5.88 Å². The highest BCUT2D eigenvalue weighted by Gasteiger charge is 2.29. The molecular formula is C14H14F3N3O3S. The lowest BCUT2D eigenvalue weighted by atomic mass is 10.1. The van der Waals surface area contributed by atoms with E-state index in [0.29, 0.717) is 17.0 Å². The largest absolute Gasteiger partial charge is 0.496 e. The minimum Gasteiger partial charge on any atom is -0.496 e. The van der Waals surface area contributed by atoms with Crippen molar-refractivity contribution in [2.45, 2.75) is 6.18 Å². The lowest BCUT2D eigenvalue weighted by Gasteiger charge is -2.14. The van der Waals surface area contributed by atoms with Crippen molar-refractivity contribution in [3.05, 3.63) is 30.7 Å². The third-order valence-electron chi connectivity index (χ3n) is 2.80. The molecule has 6 nitrogen and oxygen atoms in total. The van der Waals surface area contributed by atoms with E-state index >= 15 is 0 Å². The maximum Gasteiger partial charge on any atom is 0.422 e. The topological polar surface area (TPSA) is 73.3 Å². The third-order valence-corrected chi connectivity index (χ3v) is 3.32. The molecule has 0 amide bonds. The lowest BCUT2D eigenvalue weighted by molar-refractivity contribution is -0.154. The Kier molecular flexibility index (Phi) is 5.60. The molecule has 2 aromatic rings. The van der Waals surface area contributed by atoms with Gasteiger partial charge in [-0.25, -0.2) is 14.2 Å². The SMILES string of the molecule is COc1cc(NS(C)=O)ccc1-c1cncnc1OCC(F)(F)F. The van der Waals surface area contributed by atoms with Crippen LogP contribution >= 0.6 is 0 Å². The molecule has 0 radical (unpaired) electrons. The van der Waals surface area contributed by atoms with E-state index in [-0.39, 0.29) is 11.4 Å². The summed E-state index contributed by atoms with van der Waals surface area (Å²) < 4.78 is 61.0. The fourth-order valence-electron chi connectivity index (χ4n) is 1.91. The average molecular weight is 361 g/mol. The van der Waals surface area contributed by atoms with Crippen molar-refractivity contribution < 1.29 is 26.9 Å². The normalized spacial score (nSPS) is 12.5. The Morgan fingerprint density at radius 3 is 2.67 bits per heavy atom. The van der Waals surface area contributed by atoms with E-state index in [0.717, 1.165) is 6.33 Å². The van der Waals surface area contributed by atoms with Crippen LogP contribution in [0.25, 0.3) is 11.1 Å². The molecule has 10 heteroatoms. The molecule has 0 saturated heterocycles. The Morgan fingerprint density at radius 2 is 2.04 bits per heavy atom. The van der Waals surface area contributed by atoms with E-state index in [4.69, 9.17) is 9.47 Å². The van der Waals surface area contributed by atoms with Gasteiger partial charge in [0, 0.05) is 29.8 Å². The first-order valence-electron chi connectivity index (χ1n) is 6.58. The zero-order valence-corrected chi connectivity index (χ0v) is 13.6. The number of benzene rings is 1. The van der Waals surface area contributed by atoms with Crippen LogP contribution in [0.15, 0.2) is 30.7 Å². The van der Waals surface area contributed by atoms with Gasteiger partial charge in [-0.15, -0.1) is 0 Å². The monoisotopic (exact) mass is 361 g/mol. The zero-order chi connectivity index (χ0) is 17.7. The van der Waals surface area contributed by atoms with Crippen molar-refractivity contribution in [2.24, 2.45) is 0 Å². The highest BCUT2D eigenvalue weighted by molar-refractivity contribution is 7.85. The van der Waals surface area contributed by atoms with Gasteiger partial charge in [0.15, 0.2) is 6.61 Å². The number of anilines is 1. The molecule has 1 heterocycles. The predicted molar refractivity (Wildman–Crippen MR) is 83.3 cm³/mol. The number of alkyl halides is 3. The first-order valence-corrected chi connectivity index (χ1v) is 8.14. The van der Waals surface area contributed by atoms with Gasteiger partial charge in [-0.05, 0) is 12.1 Å². The van der Waals surface area contributed by atoms with Crippen molar-refractivity contribution >= 4 is 16.7 Å². The first-order chi connectivity index (χ1) is 11.3. The van der Waals surface area contributed by atoms with Gasteiger partial charge >= 0.3 is 6.18 Å². The highest BCUT2D eigenvalue weighted by Crippen LogP contribution is 2.36. The molecule has 130 valence electrons. The molecule has 2 rings (SSSR count). The Morgan fingerprint density at radius 1 is 1.29 bits per heavy atom. The minimum atomic E-state index is -4.48. The molecule has 0 spiro atoms. The number of rotatable bonds is 6. The first kappa shape index (κ1) is 18.0. The molecule has 0 bridgehead atoms. The summed E-state index contributed by atoms with van der Waals surface area (Å²) in [6.07, 6.45) is -0.584. The van der Waals surface area contributed by atoms with Gasteiger partial charge < -0.3 is 14.2 Å². The Balaban J connectivity index is 2.39. The predicted octanol–water partition coefficient (Wildman–Crippen LogP) is 2.80. The molecule has 0 fully saturated rings. The minimum absolute atomic E-state index is 0.208. The van der Waals surface area contributed by atoms with Crippen molar-refractivity contribution in [2.75, 3.05) is 24.7 Å². The summed E-state index contributed by atoms with van der Waals surface area (Å²) in [5.41, 5.74) is 1.23. The average Bonchev–Trinajstić information content (AvgIpc) is 2.52. The summed E-state index contributed by atoms with van der Waals surface area (Å²) >= 11 is 0. The molecule has 1 N–H and O–H groups in total. The van der Waals surface area contributed by atoms with Crippen LogP contribution in [0.5, 0.6) is 11.6 Å². The van der Waals surface area contributed by atoms with Crippen LogP contribution in [0.3, 0.4) is 0 Å². The summed E-state index contributed by atoms with van der Waals surface area (Å²) in [6, 6.07) is 4.77. The fraction of sp³-hybridized carbons (Fsp3) is 0.286. The number of hydrogen-bond donors (Lipinski definition) is 1. The molecule has 0 aliphatic rings. The lowest BCUT2D eigenvalue weighted by Crippen LogP contribution is -2.20. The Bertz CT molecular complexity index is 741. The van der Waals surface area contributed by atoms with Crippen molar-refractivity contribution in [1.82, 2.24) is 9.97 Å². The number of nitrogens with zero attached hydrogens (tertiary/aromatic N) is 2. The zero-order valence-electron chi connectivity index (χ0n) is 12.8. The fourth-order valence-corrected chi connectivity index (χ4v) is 2.37. The van der Waals surface area contributed by atoms with E-state index in [1.54, 1.807) is 18.2 Å². The Hall–Kier alpha value is -2.36. The second-order valence-corrected chi connectivity index (χ2v) is 5.73. The molecule has 0 aliphatic heterocycles. The van der Waals surface area contributed by atoms with E-state index in [1.165, 1.54) is 19.6 Å². The Labute approximate surface area is 138 Å². The molecule has 1 aromatic carbocycles. The van der Waals surface area contributed by atoms with Crippen LogP contribution in [-0.4, -0.2) is 40.3 Å². The van der Waals surface area contributed by atoms with Crippen LogP contribution < -0.4 is 14.2 Å². The van der Waals surface area contributed by atoms with Crippen LogP contribution in [-0.2, 0) is 11.0 Å². The standard InChI is InChI=1S/C14H14F3N3O3S/c1-22-12-5-9(20-24(2)21)3-4-10(12)11-6-18-8-19-13(11)23-7-14(15,16)17/h3-6,8,20H,7H2,1-2H3. The highest BCUT2D eigenvalue weighted by atomic mass is 32.2. The molecule has 1 atom stereocenters. The van der Waals surface area contributed by atoms with Gasteiger partial charge in [0.25, 0.3) is 0 Å². The summed E-state index contributed by atoms with van der Waals surface area (Å²) in [6.45, 7) is -1.46. The van der Waals surface area contributed by atoms with Gasteiger partial charge in [0.05, 0.1) is 12.7 Å². The van der Waals surface area contributed by atoms with Gasteiger partial charge in [0.1, 0.15) is 23.1 Å². The van der Waals surface area contributed by atoms with E-state index in [2.05, 4.69) is 14.7 Å². The molecule has 0 aliphatic carbocycles. The number of ether oxygens (including phenoxy) is 2. The van der Waals surface area contributed by atoms with Crippen LogP contribution in [0.4, 0.5) is 18.9 Å². The summed E-state index contributed by atoms with van der Waals surface area (Å²) in [5.74, 6) is 0.137. The summed E-state index contributed by atoms with van der Waals surface area (Å²) in [4.78, 5) is 7.57. The van der Waals surface area contributed by atoms with Gasteiger partial charge in [-0.1, -0.05) is 0 Å². The number of methoxy groups -OCH3 is 1. The maximum atomic E-state index is 12.4. The molecule has 1 unspecified atom stereocenters. The molecule has 0 saturated carbocycles. The smallest absolute Gasteiger partial charge is 0.422 e. The molecule has 1 aromatic heterocycles. The van der Waals surface area contributed by atoms with E-state index < -0.39 is 23.8 Å².